The van der Waals surface area contributed by atoms with Gasteiger partial charge >= 0.3 is 0 Å². The van der Waals surface area contributed by atoms with Crippen LogP contribution in [0.25, 0.3) is 27.3 Å². The van der Waals surface area contributed by atoms with E-state index in [1.807, 2.05) is 35.6 Å². The van der Waals surface area contributed by atoms with Gasteiger partial charge in [-0.05, 0) is 42.9 Å². The standard InChI is InChI=1S/C18H17N5S/c1-10-6-7-12-14(8-10)24-18-15(12)17-21-16(22-23(17)9-20-18)11-4-2-3-5-13(11)19/h2-5,9-10H,6-8,19H2,1H3. The first kappa shape index (κ1) is 13.9. The molecule has 3 heterocycles. The summed E-state index contributed by atoms with van der Waals surface area (Å²) in [4.78, 5) is 12.0. The van der Waals surface area contributed by atoms with Crippen LogP contribution in [0.1, 0.15) is 23.8 Å². The van der Waals surface area contributed by atoms with Crippen molar-refractivity contribution in [3.63, 3.8) is 0 Å². The minimum atomic E-state index is 0.659. The second-order valence-electron chi connectivity index (χ2n) is 6.57. The van der Waals surface area contributed by atoms with E-state index >= 15 is 0 Å². The number of fused-ring (bicyclic) bond motifs is 5. The number of thiophene rings is 1. The van der Waals surface area contributed by atoms with Crippen LogP contribution in [-0.4, -0.2) is 19.6 Å². The molecule has 3 aromatic heterocycles. The van der Waals surface area contributed by atoms with Crippen molar-refractivity contribution in [2.45, 2.75) is 26.2 Å². The average molecular weight is 335 g/mol. The normalized spacial score (nSPS) is 17.5. The molecule has 1 unspecified atom stereocenters. The SMILES string of the molecule is CC1CCc2c(sc3ncn4nc(-c5ccccc5N)nc4c23)C1. The zero-order chi connectivity index (χ0) is 16.3. The number of nitrogens with two attached hydrogens (primary N) is 1. The van der Waals surface area contributed by atoms with Crippen LogP contribution in [0.15, 0.2) is 30.6 Å². The largest absolute Gasteiger partial charge is 0.398 e. The molecule has 0 fully saturated rings. The summed E-state index contributed by atoms with van der Waals surface area (Å²) in [7, 11) is 0. The van der Waals surface area contributed by atoms with Crippen LogP contribution in [0.2, 0.25) is 0 Å². The summed E-state index contributed by atoms with van der Waals surface area (Å²) in [5.74, 6) is 1.41. The van der Waals surface area contributed by atoms with Gasteiger partial charge in [0.15, 0.2) is 11.5 Å². The van der Waals surface area contributed by atoms with E-state index in [0.717, 1.165) is 34.8 Å². The van der Waals surface area contributed by atoms with Crippen LogP contribution in [0.4, 0.5) is 5.69 Å². The predicted molar refractivity (Wildman–Crippen MR) is 97.2 cm³/mol. The molecule has 0 saturated heterocycles. The smallest absolute Gasteiger partial charge is 0.184 e. The van der Waals surface area contributed by atoms with Gasteiger partial charge in [0, 0.05) is 16.1 Å². The molecule has 0 saturated carbocycles. The highest BCUT2D eigenvalue weighted by Gasteiger charge is 2.23. The van der Waals surface area contributed by atoms with E-state index in [-0.39, 0.29) is 0 Å². The zero-order valence-corrected chi connectivity index (χ0v) is 14.2. The molecule has 5 nitrogen and oxygen atoms in total. The maximum absolute atomic E-state index is 6.09. The van der Waals surface area contributed by atoms with Gasteiger partial charge in [-0.3, -0.25) is 0 Å². The van der Waals surface area contributed by atoms with E-state index in [0.29, 0.717) is 11.5 Å². The summed E-state index contributed by atoms with van der Waals surface area (Å²) >= 11 is 1.81. The minimum absolute atomic E-state index is 0.659. The summed E-state index contributed by atoms with van der Waals surface area (Å²) < 4.78 is 1.79. The van der Waals surface area contributed by atoms with Gasteiger partial charge in [0.25, 0.3) is 0 Å². The van der Waals surface area contributed by atoms with E-state index in [9.17, 15) is 0 Å². The molecule has 120 valence electrons. The highest BCUT2D eigenvalue weighted by atomic mass is 32.1. The third kappa shape index (κ3) is 1.96. The summed E-state index contributed by atoms with van der Waals surface area (Å²) in [6.45, 7) is 2.32. The lowest BCUT2D eigenvalue weighted by Gasteiger charge is -2.17. The number of nitrogens with zero attached hydrogens (tertiary/aromatic N) is 4. The zero-order valence-electron chi connectivity index (χ0n) is 13.4. The summed E-state index contributed by atoms with van der Waals surface area (Å²) in [5.41, 5.74) is 9.97. The second kappa shape index (κ2) is 5.01. The van der Waals surface area contributed by atoms with Gasteiger partial charge in [-0.1, -0.05) is 19.1 Å². The van der Waals surface area contributed by atoms with Crippen molar-refractivity contribution < 1.29 is 0 Å². The van der Waals surface area contributed by atoms with Crippen molar-refractivity contribution in [3.05, 3.63) is 41.0 Å². The van der Waals surface area contributed by atoms with Crippen molar-refractivity contribution in [1.82, 2.24) is 19.6 Å². The van der Waals surface area contributed by atoms with Crippen LogP contribution in [0, 0.1) is 5.92 Å². The van der Waals surface area contributed by atoms with Gasteiger partial charge in [-0.15, -0.1) is 16.4 Å². The molecular weight excluding hydrogens is 318 g/mol. The number of anilines is 1. The lowest BCUT2D eigenvalue weighted by Crippen LogP contribution is -2.08. The van der Waals surface area contributed by atoms with Crippen molar-refractivity contribution in [2.75, 3.05) is 5.73 Å². The molecule has 0 amide bonds. The average Bonchev–Trinajstić information content (AvgIpc) is 3.14. The van der Waals surface area contributed by atoms with Crippen LogP contribution >= 0.6 is 11.3 Å². The van der Waals surface area contributed by atoms with Crippen molar-refractivity contribution >= 4 is 32.9 Å². The number of aromatic nitrogens is 4. The lowest BCUT2D eigenvalue weighted by molar-refractivity contribution is 0.509. The molecular formula is C18H17N5S. The van der Waals surface area contributed by atoms with E-state index in [1.54, 1.807) is 10.8 Å². The molecule has 1 aromatic carbocycles. The Balaban J connectivity index is 1.78. The lowest BCUT2D eigenvalue weighted by atomic mass is 9.89. The number of hydrogen-bond acceptors (Lipinski definition) is 5. The maximum Gasteiger partial charge on any atom is 0.184 e. The molecule has 0 radical (unpaired) electrons. The summed E-state index contributed by atoms with van der Waals surface area (Å²) in [5, 5.41) is 5.78. The van der Waals surface area contributed by atoms with E-state index in [4.69, 9.17) is 10.7 Å². The highest BCUT2D eigenvalue weighted by molar-refractivity contribution is 7.19. The van der Waals surface area contributed by atoms with Gasteiger partial charge in [0.1, 0.15) is 11.2 Å². The molecule has 24 heavy (non-hydrogen) atoms. The fourth-order valence-electron chi connectivity index (χ4n) is 3.55. The third-order valence-corrected chi connectivity index (χ3v) is 6.00. The first-order valence-corrected chi connectivity index (χ1v) is 9.03. The van der Waals surface area contributed by atoms with Crippen molar-refractivity contribution in [3.8, 4) is 11.4 Å². The molecule has 5 rings (SSSR count). The molecule has 1 aliphatic carbocycles. The van der Waals surface area contributed by atoms with Gasteiger partial charge in [0.2, 0.25) is 0 Å². The molecule has 6 heteroatoms. The topological polar surface area (TPSA) is 69.1 Å². The third-order valence-electron chi connectivity index (χ3n) is 4.83. The van der Waals surface area contributed by atoms with Crippen molar-refractivity contribution in [2.24, 2.45) is 5.92 Å². The Morgan fingerprint density at radius 3 is 3.04 bits per heavy atom. The Kier molecular flexibility index (Phi) is 2.91. The number of aryl methyl sites for hydroxylation is 1. The molecule has 1 atom stereocenters. The maximum atomic E-state index is 6.09. The van der Waals surface area contributed by atoms with E-state index in [2.05, 4.69) is 17.0 Å². The molecule has 0 aliphatic heterocycles. The molecule has 0 spiro atoms. The number of nitrogen functional groups attached to an aromatic ring is 1. The Morgan fingerprint density at radius 1 is 1.29 bits per heavy atom. The Hall–Kier alpha value is -2.47. The highest BCUT2D eigenvalue weighted by Crippen LogP contribution is 2.39. The Bertz CT molecular complexity index is 1080. The summed E-state index contributed by atoms with van der Waals surface area (Å²) in [6, 6.07) is 7.71. The number of rotatable bonds is 1. The molecule has 1 aliphatic rings. The van der Waals surface area contributed by atoms with Gasteiger partial charge < -0.3 is 5.73 Å². The fourth-order valence-corrected chi connectivity index (χ4v) is 4.90. The van der Waals surface area contributed by atoms with E-state index in [1.165, 1.54) is 22.2 Å². The van der Waals surface area contributed by atoms with Gasteiger partial charge in [-0.2, -0.15) is 0 Å². The first-order chi connectivity index (χ1) is 11.7. The minimum Gasteiger partial charge on any atom is -0.398 e. The van der Waals surface area contributed by atoms with Crippen LogP contribution in [0.3, 0.4) is 0 Å². The monoisotopic (exact) mass is 335 g/mol. The number of hydrogen-bond donors (Lipinski definition) is 1. The molecule has 0 bridgehead atoms. The number of para-hydroxylation sites is 1. The van der Waals surface area contributed by atoms with Gasteiger partial charge in [-0.25, -0.2) is 14.5 Å². The van der Waals surface area contributed by atoms with Crippen LogP contribution < -0.4 is 5.73 Å². The van der Waals surface area contributed by atoms with Gasteiger partial charge in [0.05, 0.1) is 5.39 Å². The van der Waals surface area contributed by atoms with Crippen LogP contribution in [-0.2, 0) is 12.8 Å². The quantitative estimate of drug-likeness (QED) is 0.538. The predicted octanol–water partition coefficient (Wildman–Crippen LogP) is 3.71. The molecule has 2 N–H and O–H groups in total. The van der Waals surface area contributed by atoms with Crippen LogP contribution in [0.5, 0.6) is 0 Å². The Labute approximate surface area is 143 Å². The number of benzene rings is 1. The second-order valence-corrected chi connectivity index (χ2v) is 7.65. The van der Waals surface area contributed by atoms with Crippen molar-refractivity contribution in [1.29, 1.82) is 0 Å². The molecule has 4 aromatic rings. The van der Waals surface area contributed by atoms with E-state index < -0.39 is 0 Å². The first-order valence-electron chi connectivity index (χ1n) is 8.21. The Morgan fingerprint density at radius 2 is 2.17 bits per heavy atom. The fraction of sp³-hybridized carbons (Fsp3) is 0.278. The summed E-state index contributed by atoms with van der Waals surface area (Å²) in [6.07, 6.45) is 5.24.